The van der Waals surface area contributed by atoms with E-state index in [1.807, 2.05) is 30.3 Å². The molecule has 2 aliphatic rings. The lowest BCUT2D eigenvalue weighted by Gasteiger charge is -2.19. The van der Waals surface area contributed by atoms with Gasteiger partial charge in [-0.1, -0.05) is 48.5 Å². The molecule has 1 fully saturated rings. The molecule has 0 bridgehead atoms. The zero-order valence-electron chi connectivity index (χ0n) is 20.5. The van der Waals surface area contributed by atoms with Crippen molar-refractivity contribution in [1.82, 2.24) is 4.90 Å². The summed E-state index contributed by atoms with van der Waals surface area (Å²) < 4.78 is 18.8. The van der Waals surface area contributed by atoms with Crippen LogP contribution in [0, 0.1) is 0 Å². The fourth-order valence-corrected chi connectivity index (χ4v) is 5.45. The minimum atomic E-state index is -0.896. The van der Waals surface area contributed by atoms with Gasteiger partial charge in [-0.05, 0) is 89.8 Å². The minimum absolute atomic E-state index is 0.127. The zero-order valence-corrected chi connectivity index (χ0v) is 20.5. The number of carbonyl (C=O) groups is 1. The first kappa shape index (κ1) is 24.3. The van der Waals surface area contributed by atoms with Crippen LogP contribution in [0.15, 0.2) is 72.8 Å². The van der Waals surface area contributed by atoms with Gasteiger partial charge in [-0.15, -0.1) is 0 Å². The maximum atomic E-state index is 12.5. The molecule has 0 radical (unpaired) electrons. The van der Waals surface area contributed by atoms with Gasteiger partial charge in [0.15, 0.2) is 0 Å². The van der Waals surface area contributed by atoms with Gasteiger partial charge in [0.05, 0.1) is 12.2 Å². The van der Waals surface area contributed by atoms with Gasteiger partial charge in [0.25, 0.3) is 0 Å². The highest BCUT2D eigenvalue weighted by Crippen LogP contribution is 2.40. The molecule has 5 heteroatoms. The maximum Gasteiger partial charge on any atom is 0.335 e. The molecule has 5 rings (SSSR count). The molecular formula is C31H32FNO3. The van der Waals surface area contributed by atoms with E-state index >= 15 is 0 Å². The van der Waals surface area contributed by atoms with Crippen molar-refractivity contribution < 1.29 is 19.0 Å². The summed E-state index contributed by atoms with van der Waals surface area (Å²) >= 11 is 0. The normalized spacial score (nSPS) is 18.1. The zero-order chi connectivity index (χ0) is 24.9. The van der Waals surface area contributed by atoms with E-state index in [0.29, 0.717) is 12.0 Å². The lowest BCUT2D eigenvalue weighted by molar-refractivity contribution is 0.0696. The molecule has 186 valence electrons. The molecule has 36 heavy (non-hydrogen) atoms. The van der Waals surface area contributed by atoms with Crippen molar-refractivity contribution in [3.05, 3.63) is 101 Å². The minimum Gasteiger partial charge on any atom is -0.489 e. The van der Waals surface area contributed by atoms with Gasteiger partial charge in [0.1, 0.15) is 11.9 Å². The summed E-state index contributed by atoms with van der Waals surface area (Å²) in [5.74, 6) is -0.0550. The molecule has 1 atom stereocenters. The standard InChI is InChI=1S/C31H32FNO3/c32-17-5-18-33-19-16-27(21-33)36-26-13-10-23(11-14-26)30-28(22-6-2-1-3-7-22)9-4-8-24-20-25(31(34)35)12-15-29(24)30/h1-3,6-7,10-15,20,27H,4-5,8-9,16-19,21H2,(H,34,35). The number of aryl methyl sites for hydroxylation is 1. The second-order valence-electron chi connectivity index (χ2n) is 9.65. The van der Waals surface area contributed by atoms with Gasteiger partial charge in [-0.2, -0.15) is 0 Å². The number of hydrogen-bond acceptors (Lipinski definition) is 3. The Morgan fingerprint density at radius 1 is 1.00 bits per heavy atom. The molecule has 4 nitrogen and oxygen atoms in total. The highest BCUT2D eigenvalue weighted by molar-refractivity contribution is 6.00. The Bertz CT molecular complexity index is 1240. The van der Waals surface area contributed by atoms with E-state index < -0.39 is 5.97 Å². The summed E-state index contributed by atoms with van der Waals surface area (Å²) in [6.07, 6.45) is 4.39. The molecule has 1 aliphatic heterocycles. The number of nitrogens with zero attached hydrogens (tertiary/aromatic N) is 1. The Morgan fingerprint density at radius 3 is 2.56 bits per heavy atom. The molecule has 1 heterocycles. The second kappa shape index (κ2) is 11.1. The quantitative estimate of drug-likeness (QED) is 0.396. The number of aromatic carboxylic acids is 1. The lowest BCUT2D eigenvalue weighted by atomic mass is 9.87. The number of fused-ring (bicyclic) bond motifs is 1. The number of allylic oxidation sites excluding steroid dienone is 1. The molecule has 1 N–H and O–H groups in total. The fraction of sp³-hybridized carbons (Fsp3) is 0.323. The summed E-state index contributed by atoms with van der Waals surface area (Å²) in [5, 5.41) is 9.53. The first-order valence-corrected chi connectivity index (χ1v) is 12.8. The van der Waals surface area contributed by atoms with Crippen molar-refractivity contribution >= 4 is 17.1 Å². The van der Waals surface area contributed by atoms with Crippen LogP contribution in [0.3, 0.4) is 0 Å². The van der Waals surface area contributed by atoms with Crippen LogP contribution in [0.2, 0.25) is 0 Å². The number of likely N-dealkylation sites (tertiary alicyclic amines) is 1. The van der Waals surface area contributed by atoms with E-state index in [-0.39, 0.29) is 12.8 Å². The van der Waals surface area contributed by atoms with Gasteiger partial charge >= 0.3 is 5.97 Å². The predicted molar refractivity (Wildman–Crippen MR) is 141 cm³/mol. The van der Waals surface area contributed by atoms with Gasteiger partial charge < -0.3 is 9.84 Å². The van der Waals surface area contributed by atoms with Crippen molar-refractivity contribution in [2.75, 3.05) is 26.3 Å². The summed E-state index contributed by atoms with van der Waals surface area (Å²) in [6.45, 7) is 2.30. The average molecular weight is 486 g/mol. The van der Waals surface area contributed by atoms with Crippen molar-refractivity contribution in [2.45, 2.75) is 38.2 Å². The van der Waals surface area contributed by atoms with Gasteiger partial charge in [0, 0.05) is 19.6 Å². The van der Waals surface area contributed by atoms with E-state index in [1.165, 1.54) is 11.1 Å². The van der Waals surface area contributed by atoms with Crippen molar-refractivity contribution in [3.8, 4) is 5.75 Å². The summed E-state index contributed by atoms with van der Waals surface area (Å²) in [6, 6.07) is 24.3. The Kier molecular flexibility index (Phi) is 7.47. The number of carboxylic acids is 1. The smallest absolute Gasteiger partial charge is 0.335 e. The second-order valence-corrected chi connectivity index (χ2v) is 9.65. The van der Waals surface area contributed by atoms with E-state index in [0.717, 1.165) is 73.3 Å². The third-order valence-corrected chi connectivity index (χ3v) is 7.20. The fourth-order valence-electron chi connectivity index (χ4n) is 5.45. The largest absolute Gasteiger partial charge is 0.489 e. The number of benzene rings is 3. The Labute approximate surface area is 212 Å². The van der Waals surface area contributed by atoms with Crippen LogP contribution in [-0.4, -0.2) is 48.4 Å². The number of rotatable bonds is 8. The van der Waals surface area contributed by atoms with Crippen molar-refractivity contribution in [2.24, 2.45) is 0 Å². The van der Waals surface area contributed by atoms with E-state index in [4.69, 9.17) is 4.74 Å². The van der Waals surface area contributed by atoms with Crippen molar-refractivity contribution in [1.29, 1.82) is 0 Å². The summed E-state index contributed by atoms with van der Waals surface area (Å²) in [4.78, 5) is 13.9. The van der Waals surface area contributed by atoms with E-state index in [9.17, 15) is 14.3 Å². The molecule has 0 amide bonds. The van der Waals surface area contributed by atoms with Crippen LogP contribution in [0.25, 0.3) is 11.1 Å². The van der Waals surface area contributed by atoms with Crippen LogP contribution >= 0.6 is 0 Å². The van der Waals surface area contributed by atoms with Crippen LogP contribution in [0.1, 0.15) is 58.3 Å². The third kappa shape index (κ3) is 5.36. The SMILES string of the molecule is O=C(O)c1ccc2c(c1)CCCC(c1ccccc1)=C2c1ccc(OC2CCN(CCCF)C2)cc1. The average Bonchev–Trinajstić information content (AvgIpc) is 3.26. The lowest BCUT2D eigenvalue weighted by Crippen LogP contribution is -2.26. The highest BCUT2D eigenvalue weighted by Gasteiger charge is 2.24. The number of hydrogen-bond donors (Lipinski definition) is 1. The molecule has 0 spiro atoms. The molecule has 0 aromatic heterocycles. The third-order valence-electron chi connectivity index (χ3n) is 7.20. The van der Waals surface area contributed by atoms with Crippen LogP contribution in [0.4, 0.5) is 4.39 Å². The van der Waals surface area contributed by atoms with E-state index in [2.05, 4.69) is 41.3 Å². The molecule has 1 unspecified atom stereocenters. The molecule has 0 saturated carbocycles. The number of ether oxygens (including phenoxy) is 1. The summed E-state index contributed by atoms with van der Waals surface area (Å²) in [7, 11) is 0. The highest BCUT2D eigenvalue weighted by atomic mass is 19.1. The first-order chi connectivity index (χ1) is 17.6. The maximum absolute atomic E-state index is 12.5. The number of carboxylic acid groups (broad SMARTS) is 1. The molecule has 3 aromatic rings. The molecule has 3 aromatic carbocycles. The molecular weight excluding hydrogens is 453 g/mol. The monoisotopic (exact) mass is 485 g/mol. The van der Waals surface area contributed by atoms with E-state index in [1.54, 1.807) is 6.07 Å². The number of halogens is 1. The number of alkyl halides is 1. The Hall–Kier alpha value is -3.44. The van der Waals surface area contributed by atoms with Gasteiger partial charge in [-0.25, -0.2) is 4.79 Å². The van der Waals surface area contributed by atoms with Crippen LogP contribution in [0.5, 0.6) is 5.75 Å². The Morgan fingerprint density at radius 2 is 1.81 bits per heavy atom. The topological polar surface area (TPSA) is 49.8 Å². The van der Waals surface area contributed by atoms with Crippen LogP contribution < -0.4 is 4.74 Å². The Balaban J connectivity index is 1.47. The summed E-state index contributed by atoms with van der Waals surface area (Å²) in [5.41, 5.74) is 7.25. The predicted octanol–water partition coefficient (Wildman–Crippen LogP) is 6.49. The van der Waals surface area contributed by atoms with Crippen molar-refractivity contribution in [3.63, 3.8) is 0 Å². The van der Waals surface area contributed by atoms with Crippen LogP contribution in [-0.2, 0) is 6.42 Å². The first-order valence-electron chi connectivity index (χ1n) is 12.8. The molecule has 1 aliphatic carbocycles. The van der Waals surface area contributed by atoms with Gasteiger partial charge in [-0.3, -0.25) is 9.29 Å². The molecule has 1 saturated heterocycles. The van der Waals surface area contributed by atoms with Gasteiger partial charge in [0.2, 0.25) is 0 Å².